The van der Waals surface area contributed by atoms with Crippen molar-refractivity contribution in [3.8, 4) is 5.75 Å². The van der Waals surface area contributed by atoms with Crippen LogP contribution in [0.3, 0.4) is 0 Å². The molecule has 0 aliphatic carbocycles. The number of carbonyl (C=O) groups excluding carboxylic acids is 2. The van der Waals surface area contributed by atoms with Gasteiger partial charge < -0.3 is 14.8 Å². The molecule has 1 aromatic heterocycles. The molecule has 1 atom stereocenters. The van der Waals surface area contributed by atoms with Crippen molar-refractivity contribution in [2.45, 2.75) is 19.0 Å². The Balaban J connectivity index is 1.33. The molecule has 0 aliphatic rings. The number of hydrogen-bond donors (Lipinski definition) is 1. The van der Waals surface area contributed by atoms with Crippen molar-refractivity contribution < 1.29 is 19.1 Å². The van der Waals surface area contributed by atoms with Crippen molar-refractivity contribution in [3.05, 3.63) is 130 Å². The first-order chi connectivity index (χ1) is 18.1. The Kier molecular flexibility index (Phi) is 8.80. The number of esters is 1. The minimum Gasteiger partial charge on any atom is -0.492 e. The SMILES string of the molecule is O=C(COC(=O)c1ccc(=O)n(CCOc2ccccc2)n1)NC(Cc1ccccc1)c1ccccc1. The fraction of sp³-hybridized carbons (Fsp3) is 0.172. The zero-order chi connectivity index (χ0) is 25.9. The van der Waals surface area contributed by atoms with E-state index < -0.39 is 18.5 Å². The molecule has 0 saturated heterocycles. The second-order valence-corrected chi connectivity index (χ2v) is 8.24. The van der Waals surface area contributed by atoms with Crippen LogP contribution in [0, 0.1) is 0 Å². The lowest BCUT2D eigenvalue weighted by Crippen LogP contribution is -2.34. The molecule has 1 unspecified atom stereocenters. The third-order valence-electron chi connectivity index (χ3n) is 5.54. The molecule has 4 rings (SSSR count). The number of para-hydroxylation sites is 1. The van der Waals surface area contributed by atoms with Crippen LogP contribution in [0.2, 0.25) is 0 Å². The van der Waals surface area contributed by atoms with E-state index >= 15 is 0 Å². The Bertz CT molecular complexity index is 1360. The van der Waals surface area contributed by atoms with Gasteiger partial charge in [0, 0.05) is 6.07 Å². The van der Waals surface area contributed by atoms with E-state index in [0.29, 0.717) is 12.2 Å². The maximum absolute atomic E-state index is 12.7. The highest BCUT2D eigenvalue weighted by molar-refractivity contribution is 5.89. The Morgan fingerprint density at radius 3 is 2.19 bits per heavy atom. The van der Waals surface area contributed by atoms with E-state index in [-0.39, 0.29) is 30.4 Å². The van der Waals surface area contributed by atoms with E-state index in [9.17, 15) is 14.4 Å². The van der Waals surface area contributed by atoms with Crippen LogP contribution in [0.15, 0.2) is 108 Å². The van der Waals surface area contributed by atoms with Gasteiger partial charge in [-0.15, -0.1) is 0 Å². The highest BCUT2D eigenvalue weighted by Crippen LogP contribution is 2.18. The Hall–Kier alpha value is -4.72. The van der Waals surface area contributed by atoms with Crippen LogP contribution in [-0.4, -0.2) is 34.9 Å². The number of hydrogen-bond acceptors (Lipinski definition) is 6. The molecule has 0 saturated carbocycles. The molecule has 0 spiro atoms. The summed E-state index contributed by atoms with van der Waals surface area (Å²) in [5.74, 6) is -0.576. The van der Waals surface area contributed by atoms with Crippen molar-refractivity contribution >= 4 is 11.9 Å². The number of nitrogens with zero attached hydrogens (tertiary/aromatic N) is 2. The highest BCUT2D eigenvalue weighted by Gasteiger charge is 2.18. The summed E-state index contributed by atoms with van der Waals surface area (Å²) < 4.78 is 11.9. The lowest BCUT2D eigenvalue weighted by molar-refractivity contribution is -0.125. The lowest BCUT2D eigenvalue weighted by atomic mass is 9.99. The van der Waals surface area contributed by atoms with Gasteiger partial charge in [0.25, 0.3) is 11.5 Å². The molecular formula is C29H27N3O5. The molecule has 1 amide bonds. The van der Waals surface area contributed by atoms with Gasteiger partial charge in [0.15, 0.2) is 12.3 Å². The number of carbonyl (C=O) groups is 2. The van der Waals surface area contributed by atoms with Gasteiger partial charge in [-0.05, 0) is 35.7 Å². The summed E-state index contributed by atoms with van der Waals surface area (Å²) in [6.07, 6.45) is 0.585. The van der Waals surface area contributed by atoms with E-state index in [4.69, 9.17) is 9.47 Å². The van der Waals surface area contributed by atoms with Gasteiger partial charge in [-0.25, -0.2) is 9.48 Å². The quantitative estimate of drug-likeness (QED) is 0.318. The molecule has 3 aromatic carbocycles. The second-order valence-electron chi connectivity index (χ2n) is 8.24. The van der Waals surface area contributed by atoms with Crippen LogP contribution < -0.4 is 15.6 Å². The van der Waals surface area contributed by atoms with Crippen molar-refractivity contribution in [3.63, 3.8) is 0 Å². The van der Waals surface area contributed by atoms with Crippen molar-refractivity contribution in [1.82, 2.24) is 15.1 Å². The molecule has 0 fully saturated rings. The fourth-order valence-electron chi connectivity index (χ4n) is 3.71. The Labute approximate surface area is 214 Å². The maximum Gasteiger partial charge on any atom is 0.359 e. The summed E-state index contributed by atoms with van der Waals surface area (Å²) in [5, 5.41) is 7.01. The predicted molar refractivity (Wildman–Crippen MR) is 138 cm³/mol. The molecule has 0 aliphatic heterocycles. The van der Waals surface area contributed by atoms with Crippen LogP contribution in [0.1, 0.15) is 27.7 Å². The van der Waals surface area contributed by atoms with Gasteiger partial charge >= 0.3 is 5.97 Å². The number of benzene rings is 3. The average Bonchev–Trinajstić information content (AvgIpc) is 2.94. The zero-order valence-electron chi connectivity index (χ0n) is 20.2. The van der Waals surface area contributed by atoms with Gasteiger partial charge in [0.05, 0.1) is 12.6 Å². The van der Waals surface area contributed by atoms with Crippen LogP contribution >= 0.6 is 0 Å². The van der Waals surface area contributed by atoms with E-state index in [1.165, 1.54) is 12.1 Å². The third-order valence-corrected chi connectivity index (χ3v) is 5.54. The topological polar surface area (TPSA) is 99.5 Å². The average molecular weight is 498 g/mol. The monoisotopic (exact) mass is 497 g/mol. The number of nitrogens with one attached hydrogen (secondary N) is 1. The number of ether oxygens (including phenoxy) is 2. The van der Waals surface area contributed by atoms with Crippen LogP contribution in [-0.2, 0) is 22.5 Å². The van der Waals surface area contributed by atoms with E-state index in [1.54, 1.807) is 12.1 Å². The van der Waals surface area contributed by atoms with Crippen molar-refractivity contribution in [2.24, 2.45) is 0 Å². The molecule has 0 radical (unpaired) electrons. The molecule has 8 nitrogen and oxygen atoms in total. The van der Waals surface area contributed by atoms with E-state index in [1.807, 2.05) is 78.9 Å². The minimum atomic E-state index is -0.799. The summed E-state index contributed by atoms with van der Waals surface area (Å²) in [6.45, 7) is -0.136. The molecule has 0 bridgehead atoms. The molecule has 1 heterocycles. The summed E-state index contributed by atoms with van der Waals surface area (Å²) in [6, 6.07) is 30.8. The number of amides is 1. The van der Waals surface area contributed by atoms with Gasteiger partial charge in [-0.1, -0.05) is 78.9 Å². The van der Waals surface area contributed by atoms with Crippen molar-refractivity contribution in [2.75, 3.05) is 13.2 Å². The van der Waals surface area contributed by atoms with Gasteiger partial charge in [-0.2, -0.15) is 5.10 Å². The summed E-state index contributed by atoms with van der Waals surface area (Å²) in [4.78, 5) is 37.3. The minimum absolute atomic E-state index is 0.0731. The second kappa shape index (κ2) is 12.8. The normalized spacial score (nSPS) is 11.4. The molecule has 1 N–H and O–H groups in total. The predicted octanol–water partition coefficient (Wildman–Crippen LogP) is 3.58. The third kappa shape index (κ3) is 7.63. The molecule has 188 valence electrons. The smallest absolute Gasteiger partial charge is 0.359 e. The molecule has 37 heavy (non-hydrogen) atoms. The number of rotatable bonds is 11. The summed E-state index contributed by atoms with van der Waals surface area (Å²) in [7, 11) is 0. The number of aromatic nitrogens is 2. The molecular weight excluding hydrogens is 470 g/mol. The van der Waals surface area contributed by atoms with Crippen LogP contribution in [0.5, 0.6) is 5.75 Å². The standard InChI is InChI=1S/C29H27N3O5/c33-27(30-26(23-12-6-2-7-13-23)20-22-10-4-1-5-11-22)21-37-29(35)25-16-17-28(34)32(31-25)18-19-36-24-14-8-3-9-15-24/h1-17,26H,18-21H2,(H,30,33). The fourth-order valence-corrected chi connectivity index (χ4v) is 3.71. The van der Waals surface area contributed by atoms with Gasteiger partial charge in [0.1, 0.15) is 12.4 Å². The van der Waals surface area contributed by atoms with Gasteiger partial charge in [0.2, 0.25) is 0 Å². The summed E-state index contributed by atoms with van der Waals surface area (Å²) in [5.41, 5.74) is 1.56. The summed E-state index contributed by atoms with van der Waals surface area (Å²) >= 11 is 0. The highest BCUT2D eigenvalue weighted by atomic mass is 16.5. The first-order valence-corrected chi connectivity index (χ1v) is 11.9. The van der Waals surface area contributed by atoms with Gasteiger partial charge in [-0.3, -0.25) is 9.59 Å². The Morgan fingerprint density at radius 2 is 1.49 bits per heavy atom. The zero-order valence-corrected chi connectivity index (χ0v) is 20.2. The Morgan fingerprint density at radius 1 is 0.838 bits per heavy atom. The largest absolute Gasteiger partial charge is 0.492 e. The lowest BCUT2D eigenvalue weighted by Gasteiger charge is -2.19. The van der Waals surface area contributed by atoms with Crippen LogP contribution in [0.4, 0.5) is 0 Å². The maximum atomic E-state index is 12.7. The molecule has 8 heteroatoms. The van der Waals surface area contributed by atoms with Crippen LogP contribution in [0.25, 0.3) is 0 Å². The first kappa shape index (κ1) is 25.4. The first-order valence-electron chi connectivity index (χ1n) is 11.9. The van der Waals surface area contributed by atoms with E-state index in [0.717, 1.165) is 15.8 Å². The molecule has 4 aromatic rings. The van der Waals surface area contributed by atoms with Crippen molar-refractivity contribution in [1.29, 1.82) is 0 Å². The van der Waals surface area contributed by atoms with E-state index in [2.05, 4.69) is 10.4 Å².